The number of hydrogen-bond acceptors (Lipinski definition) is 3. The van der Waals surface area contributed by atoms with E-state index in [2.05, 4.69) is 0 Å². The molecule has 1 amide bonds. The van der Waals surface area contributed by atoms with E-state index in [1.165, 1.54) is 19.1 Å². The van der Waals surface area contributed by atoms with Gasteiger partial charge in [0.05, 0.1) is 10.9 Å². The lowest BCUT2D eigenvalue weighted by atomic mass is 10.2. The van der Waals surface area contributed by atoms with Crippen molar-refractivity contribution in [3.05, 3.63) is 54.1 Å². The first kappa shape index (κ1) is 16.2. The van der Waals surface area contributed by atoms with Crippen LogP contribution in [0.25, 0.3) is 5.69 Å². The average molecular weight is 324 g/mol. The average Bonchev–Trinajstić information content (AvgIpc) is 2.99. The maximum Gasteiger partial charge on any atom is 0.264 e. The van der Waals surface area contributed by atoms with Gasteiger partial charge in [-0.15, -0.1) is 0 Å². The summed E-state index contributed by atoms with van der Waals surface area (Å²) in [5.74, 6) is -1.44. The van der Waals surface area contributed by atoms with Crippen molar-refractivity contribution in [1.29, 1.82) is 0 Å². The lowest BCUT2D eigenvalue weighted by molar-refractivity contribution is 0.0980. The highest BCUT2D eigenvalue weighted by Gasteiger charge is 2.22. The van der Waals surface area contributed by atoms with E-state index in [0.29, 0.717) is 6.42 Å². The predicted octanol–water partition coefficient (Wildman–Crippen LogP) is 2.47. The molecular formula is C15H17FN2O3S. The van der Waals surface area contributed by atoms with Gasteiger partial charge in [-0.25, -0.2) is 17.5 Å². The van der Waals surface area contributed by atoms with Crippen LogP contribution in [0.1, 0.15) is 30.6 Å². The number of sulfonamides is 1. The Bertz CT molecular complexity index is 770. The number of aromatic nitrogens is 1. The van der Waals surface area contributed by atoms with Crippen LogP contribution >= 0.6 is 0 Å². The first-order valence-electron chi connectivity index (χ1n) is 6.84. The summed E-state index contributed by atoms with van der Waals surface area (Å²) in [6.07, 6.45) is 3.72. The Hall–Kier alpha value is -2.15. The standard InChI is InChI=1S/C15H17FN2O3S/c1-3-11(2)22(20,21)17-15(19)12-6-7-14(13(16)10-12)18-8-4-5-9-18/h4-11H,3H2,1-2H3,(H,17,19). The third kappa shape index (κ3) is 3.36. The normalized spacial score (nSPS) is 12.9. The molecule has 1 aromatic heterocycles. The van der Waals surface area contributed by atoms with Crippen LogP contribution in [0.4, 0.5) is 4.39 Å². The molecule has 2 rings (SSSR count). The molecule has 1 aromatic carbocycles. The molecule has 1 N–H and O–H groups in total. The van der Waals surface area contributed by atoms with Gasteiger partial charge in [-0.05, 0) is 43.7 Å². The second kappa shape index (κ2) is 6.31. The van der Waals surface area contributed by atoms with Crippen molar-refractivity contribution in [3.8, 4) is 5.69 Å². The minimum atomic E-state index is -3.75. The monoisotopic (exact) mass is 324 g/mol. The van der Waals surface area contributed by atoms with Crippen LogP contribution in [-0.2, 0) is 10.0 Å². The van der Waals surface area contributed by atoms with Gasteiger partial charge in [0.25, 0.3) is 5.91 Å². The molecule has 1 atom stereocenters. The Labute approximate surface area is 128 Å². The second-order valence-electron chi connectivity index (χ2n) is 4.95. The molecule has 0 saturated carbocycles. The number of amides is 1. The topological polar surface area (TPSA) is 68.2 Å². The van der Waals surface area contributed by atoms with E-state index in [9.17, 15) is 17.6 Å². The van der Waals surface area contributed by atoms with E-state index in [-0.39, 0.29) is 11.3 Å². The van der Waals surface area contributed by atoms with Crippen molar-refractivity contribution in [2.45, 2.75) is 25.5 Å². The Balaban J connectivity index is 2.24. The van der Waals surface area contributed by atoms with Crippen molar-refractivity contribution < 1.29 is 17.6 Å². The predicted molar refractivity (Wildman–Crippen MR) is 81.9 cm³/mol. The molecule has 0 aliphatic carbocycles. The molecular weight excluding hydrogens is 307 g/mol. The third-order valence-electron chi connectivity index (χ3n) is 3.43. The van der Waals surface area contributed by atoms with E-state index in [1.807, 2.05) is 4.72 Å². The number of rotatable bonds is 5. The molecule has 0 spiro atoms. The van der Waals surface area contributed by atoms with Crippen LogP contribution in [-0.4, -0.2) is 24.1 Å². The van der Waals surface area contributed by atoms with Crippen molar-refractivity contribution in [2.75, 3.05) is 0 Å². The van der Waals surface area contributed by atoms with E-state index in [1.54, 1.807) is 36.0 Å². The van der Waals surface area contributed by atoms with Crippen LogP contribution in [0.15, 0.2) is 42.7 Å². The van der Waals surface area contributed by atoms with Gasteiger partial charge in [0.1, 0.15) is 5.82 Å². The number of hydrogen-bond donors (Lipinski definition) is 1. The lowest BCUT2D eigenvalue weighted by Gasteiger charge is -2.12. The van der Waals surface area contributed by atoms with Crippen LogP contribution in [0.2, 0.25) is 0 Å². The van der Waals surface area contributed by atoms with E-state index in [0.717, 1.165) is 6.07 Å². The summed E-state index contributed by atoms with van der Waals surface area (Å²) in [6.45, 7) is 3.21. The SMILES string of the molecule is CCC(C)S(=O)(=O)NC(=O)c1ccc(-n2cccc2)c(F)c1. The number of carbonyl (C=O) groups excluding carboxylic acids is 1. The van der Waals surface area contributed by atoms with Gasteiger partial charge in [0.2, 0.25) is 10.0 Å². The zero-order valence-electron chi connectivity index (χ0n) is 12.3. The van der Waals surface area contributed by atoms with E-state index in [4.69, 9.17) is 0 Å². The summed E-state index contributed by atoms with van der Waals surface area (Å²) in [5.41, 5.74) is 0.242. The molecule has 0 aliphatic rings. The summed E-state index contributed by atoms with van der Waals surface area (Å²) < 4.78 is 41.3. The van der Waals surface area contributed by atoms with Crippen LogP contribution in [0.3, 0.4) is 0 Å². The number of nitrogens with zero attached hydrogens (tertiary/aromatic N) is 1. The van der Waals surface area contributed by atoms with Crippen molar-refractivity contribution in [3.63, 3.8) is 0 Å². The van der Waals surface area contributed by atoms with Crippen molar-refractivity contribution >= 4 is 15.9 Å². The zero-order chi connectivity index (χ0) is 16.3. The fraction of sp³-hybridized carbons (Fsp3) is 0.267. The van der Waals surface area contributed by atoms with E-state index < -0.39 is 27.0 Å². The molecule has 22 heavy (non-hydrogen) atoms. The van der Waals surface area contributed by atoms with Gasteiger partial charge in [0.15, 0.2) is 0 Å². The molecule has 0 bridgehead atoms. The minimum absolute atomic E-state index is 0.0414. The quantitative estimate of drug-likeness (QED) is 0.918. The molecule has 5 nitrogen and oxygen atoms in total. The van der Waals surface area contributed by atoms with Gasteiger partial charge >= 0.3 is 0 Å². The molecule has 0 saturated heterocycles. The maximum absolute atomic E-state index is 14.1. The van der Waals surface area contributed by atoms with Crippen molar-refractivity contribution in [2.24, 2.45) is 0 Å². The minimum Gasteiger partial charge on any atom is -0.321 e. The molecule has 118 valence electrons. The highest BCUT2D eigenvalue weighted by molar-refractivity contribution is 7.90. The number of benzene rings is 1. The molecule has 0 fully saturated rings. The largest absolute Gasteiger partial charge is 0.321 e. The van der Waals surface area contributed by atoms with Gasteiger partial charge in [-0.3, -0.25) is 4.79 Å². The molecule has 0 aliphatic heterocycles. The van der Waals surface area contributed by atoms with Gasteiger partial charge in [-0.2, -0.15) is 0 Å². The summed E-state index contributed by atoms with van der Waals surface area (Å²) in [5, 5.41) is -0.694. The molecule has 2 aromatic rings. The fourth-order valence-corrected chi connectivity index (χ4v) is 2.88. The van der Waals surface area contributed by atoms with Crippen LogP contribution in [0, 0.1) is 5.82 Å². The smallest absolute Gasteiger partial charge is 0.264 e. The maximum atomic E-state index is 14.1. The third-order valence-corrected chi connectivity index (χ3v) is 5.29. The first-order chi connectivity index (χ1) is 10.3. The Morgan fingerprint density at radius 2 is 1.95 bits per heavy atom. The molecule has 1 heterocycles. The Morgan fingerprint density at radius 1 is 1.32 bits per heavy atom. The summed E-state index contributed by atoms with van der Waals surface area (Å²) in [6, 6.07) is 7.34. The Kier molecular flexibility index (Phi) is 4.65. The number of carbonyl (C=O) groups is 1. The summed E-state index contributed by atoms with van der Waals surface area (Å²) in [4.78, 5) is 12.0. The molecule has 7 heteroatoms. The molecule has 1 unspecified atom stereocenters. The lowest BCUT2D eigenvalue weighted by Crippen LogP contribution is -2.36. The highest BCUT2D eigenvalue weighted by atomic mass is 32.2. The fourth-order valence-electron chi connectivity index (χ4n) is 1.86. The number of nitrogens with one attached hydrogen (secondary N) is 1. The zero-order valence-corrected chi connectivity index (χ0v) is 13.1. The van der Waals surface area contributed by atoms with Crippen LogP contribution < -0.4 is 4.72 Å². The highest BCUT2D eigenvalue weighted by Crippen LogP contribution is 2.16. The first-order valence-corrected chi connectivity index (χ1v) is 8.38. The van der Waals surface area contributed by atoms with Crippen LogP contribution in [0.5, 0.6) is 0 Å². The second-order valence-corrected chi connectivity index (χ2v) is 7.05. The summed E-state index contributed by atoms with van der Waals surface area (Å²) >= 11 is 0. The Morgan fingerprint density at radius 3 is 2.50 bits per heavy atom. The van der Waals surface area contributed by atoms with Gasteiger partial charge in [-0.1, -0.05) is 6.92 Å². The van der Waals surface area contributed by atoms with E-state index >= 15 is 0 Å². The van der Waals surface area contributed by atoms with Crippen molar-refractivity contribution in [1.82, 2.24) is 9.29 Å². The molecule has 0 radical (unpaired) electrons. The number of halogens is 1. The van der Waals surface area contributed by atoms with Gasteiger partial charge in [0, 0.05) is 18.0 Å². The summed E-state index contributed by atoms with van der Waals surface area (Å²) in [7, 11) is -3.75. The van der Waals surface area contributed by atoms with Gasteiger partial charge < -0.3 is 4.57 Å².